The highest BCUT2D eigenvalue weighted by Gasteiger charge is 2.19. The van der Waals surface area contributed by atoms with Gasteiger partial charge < -0.3 is 21.9 Å². The van der Waals surface area contributed by atoms with Crippen LogP contribution in [0.2, 0.25) is 0 Å². The molecule has 0 saturated carbocycles. The van der Waals surface area contributed by atoms with Crippen molar-refractivity contribution in [2.45, 2.75) is 6.10 Å². The maximum absolute atomic E-state index is 10.9. The van der Waals surface area contributed by atoms with E-state index in [1.54, 1.807) is 0 Å². The number of aliphatic hydroxyl groups is 1. The van der Waals surface area contributed by atoms with Gasteiger partial charge in [-0.15, -0.1) is 0 Å². The van der Waals surface area contributed by atoms with Crippen molar-refractivity contribution in [2.75, 3.05) is 52.4 Å². The first kappa shape index (κ1) is 15.8. The zero-order valence-corrected chi connectivity index (χ0v) is 11.0. The van der Waals surface area contributed by atoms with Crippen molar-refractivity contribution in [1.82, 2.24) is 15.1 Å². The van der Waals surface area contributed by atoms with Gasteiger partial charge in [-0.25, -0.2) is 0 Å². The second-order valence-electron chi connectivity index (χ2n) is 4.81. The lowest BCUT2D eigenvalue weighted by Crippen LogP contribution is -2.50. The lowest BCUT2D eigenvalue weighted by atomic mass is 10.2. The van der Waals surface area contributed by atoms with Crippen LogP contribution in [0.15, 0.2) is 0 Å². The number of amides is 2. The topological polar surface area (TPSA) is 125 Å². The number of hydrogen-bond donors (Lipinski definition) is 4. The Balaban J connectivity index is 2.37. The number of carbonyl (C=O) groups is 2. The molecule has 1 rings (SSSR count). The Morgan fingerprint density at radius 2 is 1.74 bits per heavy atom. The number of piperazine rings is 1. The lowest BCUT2D eigenvalue weighted by Gasteiger charge is -2.30. The van der Waals surface area contributed by atoms with Crippen LogP contribution >= 0.6 is 0 Å². The number of rotatable bonds is 8. The van der Waals surface area contributed by atoms with Gasteiger partial charge in [-0.2, -0.15) is 0 Å². The van der Waals surface area contributed by atoms with Crippen LogP contribution in [-0.4, -0.2) is 85.2 Å². The molecule has 1 saturated heterocycles. The fourth-order valence-corrected chi connectivity index (χ4v) is 2.17. The molecule has 1 heterocycles. The highest BCUT2D eigenvalue weighted by molar-refractivity contribution is 5.79. The molecule has 0 aliphatic carbocycles. The molecule has 0 aromatic carbocycles. The fourth-order valence-electron chi connectivity index (χ4n) is 2.17. The molecule has 1 unspecified atom stereocenters. The smallest absolute Gasteiger partial charge is 0.231 e. The molecule has 8 heteroatoms. The highest BCUT2D eigenvalue weighted by atomic mass is 16.3. The quantitative estimate of drug-likeness (QED) is 0.364. The van der Waals surface area contributed by atoms with Gasteiger partial charge in [-0.05, 0) is 0 Å². The summed E-state index contributed by atoms with van der Waals surface area (Å²) in [6, 6.07) is 0. The average molecular weight is 273 g/mol. The van der Waals surface area contributed by atoms with E-state index in [9.17, 15) is 14.7 Å². The molecule has 1 atom stereocenters. The van der Waals surface area contributed by atoms with E-state index in [4.69, 9.17) is 11.5 Å². The summed E-state index contributed by atoms with van der Waals surface area (Å²) in [5.74, 6) is -1.09. The van der Waals surface area contributed by atoms with Crippen LogP contribution in [0.4, 0.5) is 0 Å². The number of primary amides is 2. The van der Waals surface area contributed by atoms with E-state index in [-0.39, 0.29) is 19.6 Å². The third-order valence-corrected chi connectivity index (χ3v) is 2.91. The van der Waals surface area contributed by atoms with Crippen molar-refractivity contribution >= 4 is 11.8 Å². The molecule has 0 aromatic heterocycles. The number of nitrogens with one attached hydrogen (secondary N) is 1. The van der Waals surface area contributed by atoms with Crippen LogP contribution in [-0.2, 0) is 9.59 Å². The molecule has 19 heavy (non-hydrogen) atoms. The Bertz CT molecular complexity index is 291. The zero-order chi connectivity index (χ0) is 14.3. The van der Waals surface area contributed by atoms with E-state index in [1.807, 2.05) is 0 Å². The molecule has 0 aromatic rings. The Morgan fingerprint density at radius 1 is 1.21 bits per heavy atom. The average Bonchev–Trinajstić information content (AvgIpc) is 2.27. The SMILES string of the molecule is NC(=O)CN(CC(N)=O)CC(O)CN1CCNCC1. The Labute approximate surface area is 112 Å². The number of aliphatic hydroxyl groups excluding tert-OH is 1. The molecule has 0 bridgehead atoms. The molecular weight excluding hydrogens is 250 g/mol. The molecule has 110 valence electrons. The molecule has 0 spiro atoms. The minimum Gasteiger partial charge on any atom is -0.390 e. The summed E-state index contributed by atoms with van der Waals surface area (Å²) in [4.78, 5) is 25.4. The number of hydrogen-bond acceptors (Lipinski definition) is 6. The Kier molecular flexibility index (Phi) is 6.71. The van der Waals surface area contributed by atoms with Crippen molar-refractivity contribution in [2.24, 2.45) is 11.5 Å². The lowest BCUT2D eigenvalue weighted by molar-refractivity contribution is -0.122. The second kappa shape index (κ2) is 8.05. The van der Waals surface area contributed by atoms with Gasteiger partial charge in [0.15, 0.2) is 0 Å². The first-order valence-corrected chi connectivity index (χ1v) is 6.37. The van der Waals surface area contributed by atoms with Gasteiger partial charge >= 0.3 is 0 Å². The van der Waals surface area contributed by atoms with Gasteiger partial charge in [0.05, 0.1) is 19.2 Å². The van der Waals surface area contributed by atoms with E-state index >= 15 is 0 Å². The van der Waals surface area contributed by atoms with Crippen LogP contribution in [0.5, 0.6) is 0 Å². The van der Waals surface area contributed by atoms with E-state index < -0.39 is 17.9 Å². The normalized spacial score (nSPS) is 18.4. The second-order valence-corrected chi connectivity index (χ2v) is 4.81. The molecule has 6 N–H and O–H groups in total. The third kappa shape index (κ3) is 7.06. The largest absolute Gasteiger partial charge is 0.390 e. The van der Waals surface area contributed by atoms with Gasteiger partial charge in [-0.3, -0.25) is 19.4 Å². The first-order valence-electron chi connectivity index (χ1n) is 6.37. The van der Waals surface area contributed by atoms with Crippen molar-refractivity contribution < 1.29 is 14.7 Å². The van der Waals surface area contributed by atoms with E-state index in [2.05, 4.69) is 10.2 Å². The fraction of sp³-hybridized carbons (Fsp3) is 0.818. The van der Waals surface area contributed by atoms with Crippen LogP contribution in [0.3, 0.4) is 0 Å². The van der Waals surface area contributed by atoms with Gasteiger partial charge in [0.25, 0.3) is 0 Å². The maximum Gasteiger partial charge on any atom is 0.231 e. The van der Waals surface area contributed by atoms with E-state index in [0.717, 1.165) is 26.2 Å². The molecule has 1 fully saturated rings. The summed E-state index contributed by atoms with van der Waals surface area (Å²) in [6.07, 6.45) is -0.642. The van der Waals surface area contributed by atoms with Crippen LogP contribution in [0, 0.1) is 0 Å². The molecule has 1 aliphatic rings. The van der Waals surface area contributed by atoms with Gasteiger partial charge in [0, 0.05) is 39.3 Å². The molecule has 2 amide bonds. The summed E-state index contributed by atoms with van der Waals surface area (Å²) in [5.41, 5.74) is 10.2. The van der Waals surface area contributed by atoms with Crippen LogP contribution in [0.25, 0.3) is 0 Å². The summed E-state index contributed by atoms with van der Waals surface area (Å²) in [7, 11) is 0. The number of nitrogens with zero attached hydrogens (tertiary/aromatic N) is 2. The van der Waals surface area contributed by atoms with Crippen molar-refractivity contribution in [1.29, 1.82) is 0 Å². The predicted molar refractivity (Wildman–Crippen MR) is 70.1 cm³/mol. The van der Waals surface area contributed by atoms with Crippen LogP contribution < -0.4 is 16.8 Å². The van der Waals surface area contributed by atoms with Gasteiger partial charge in [0.1, 0.15) is 0 Å². The van der Waals surface area contributed by atoms with E-state index in [1.165, 1.54) is 4.90 Å². The summed E-state index contributed by atoms with van der Waals surface area (Å²) >= 11 is 0. The van der Waals surface area contributed by atoms with Gasteiger partial charge in [0.2, 0.25) is 11.8 Å². The zero-order valence-electron chi connectivity index (χ0n) is 11.0. The minimum atomic E-state index is -0.642. The number of nitrogens with two attached hydrogens (primary N) is 2. The van der Waals surface area contributed by atoms with Crippen molar-refractivity contribution in [3.63, 3.8) is 0 Å². The molecule has 0 radical (unpaired) electrons. The third-order valence-electron chi connectivity index (χ3n) is 2.91. The monoisotopic (exact) mass is 273 g/mol. The number of β-amino-alcohol motifs (C(OH)–C–C–N with tert-alkyl or cyclic N) is 1. The molecule has 1 aliphatic heterocycles. The Hall–Kier alpha value is -1.22. The van der Waals surface area contributed by atoms with Crippen molar-refractivity contribution in [3.05, 3.63) is 0 Å². The number of carbonyl (C=O) groups excluding carboxylic acids is 2. The molecular formula is C11H23N5O3. The Morgan fingerprint density at radius 3 is 2.21 bits per heavy atom. The molecule has 8 nitrogen and oxygen atoms in total. The summed E-state index contributed by atoms with van der Waals surface area (Å²) in [5, 5.41) is 13.2. The highest BCUT2D eigenvalue weighted by Crippen LogP contribution is 1.98. The first-order chi connectivity index (χ1) is 8.97. The van der Waals surface area contributed by atoms with Crippen molar-refractivity contribution in [3.8, 4) is 0 Å². The maximum atomic E-state index is 10.9. The van der Waals surface area contributed by atoms with Crippen LogP contribution in [0.1, 0.15) is 0 Å². The van der Waals surface area contributed by atoms with Gasteiger partial charge in [-0.1, -0.05) is 0 Å². The summed E-state index contributed by atoms with van der Waals surface area (Å²) < 4.78 is 0. The minimum absolute atomic E-state index is 0.0818. The van der Waals surface area contributed by atoms with E-state index in [0.29, 0.717) is 6.54 Å². The summed E-state index contributed by atoms with van der Waals surface area (Å²) in [6.45, 7) is 4.11. The predicted octanol–water partition coefficient (Wildman–Crippen LogP) is -3.47. The standard InChI is InChI=1S/C11H23N5O3/c12-10(18)7-16(8-11(13)19)6-9(17)5-15-3-1-14-2-4-15/h9,14,17H,1-8H2,(H2,12,18)(H2,13,19).